The summed E-state index contributed by atoms with van der Waals surface area (Å²) in [5.41, 5.74) is 7.00. The Morgan fingerprint density at radius 1 is 1.16 bits per heavy atom. The van der Waals surface area contributed by atoms with Crippen LogP contribution >= 0.6 is 0 Å². The Hall–Kier alpha value is -2.49. The molecule has 4 nitrogen and oxygen atoms in total. The van der Waals surface area contributed by atoms with E-state index in [4.69, 9.17) is 10.5 Å². The lowest BCUT2D eigenvalue weighted by Gasteiger charge is -2.15. The van der Waals surface area contributed by atoms with Gasteiger partial charge in [0.15, 0.2) is 6.10 Å². The van der Waals surface area contributed by atoms with Crippen molar-refractivity contribution >= 4 is 17.3 Å². The van der Waals surface area contributed by atoms with Gasteiger partial charge in [0, 0.05) is 17.4 Å². The zero-order valence-electron chi connectivity index (χ0n) is 10.7. The third-order valence-electron chi connectivity index (χ3n) is 2.58. The summed E-state index contributed by atoms with van der Waals surface area (Å²) in [6, 6.07) is 16.3. The molecule has 1 atom stereocenters. The summed E-state index contributed by atoms with van der Waals surface area (Å²) in [7, 11) is 0. The average molecular weight is 256 g/mol. The maximum absolute atomic E-state index is 11.9. The number of rotatable bonds is 4. The summed E-state index contributed by atoms with van der Waals surface area (Å²) in [4.78, 5) is 11.9. The second kappa shape index (κ2) is 5.91. The molecular formula is C15H16N2O2. The first kappa shape index (κ1) is 13.0. The zero-order chi connectivity index (χ0) is 13.7. The molecule has 0 bridgehead atoms. The van der Waals surface area contributed by atoms with E-state index in [1.165, 1.54) is 0 Å². The average Bonchev–Trinajstić information content (AvgIpc) is 2.40. The quantitative estimate of drug-likeness (QED) is 0.827. The monoisotopic (exact) mass is 256 g/mol. The molecule has 0 saturated heterocycles. The molecule has 19 heavy (non-hydrogen) atoms. The highest BCUT2D eigenvalue weighted by molar-refractivity contribution is 5.94. The van der Waals surface area contributed by atoms with Crippen LogP contribution in [0.15, 0.2) is 54.6 Å². The lowest BCUT2D eigenvalue weighted by molar-refractivity contribution is -0.122. The standard InChI is InChI=1S/C15H16N2O2/c1-11(19-14-9-5-6-12(16)10-14)15(18)17-13-7-3-2-4-8-13/h2-11H,16H2,1H3,(H,17,18). The van der Waals surface area contributed by atoms with Crippen LogP contribution in [0.1, 0.15) is 6.92 Å². The smallest absolute Gasteiger partial charge is 0.265 e. The van der Waals surface area contributed by atoms with Crippen LogP contribution in [0.25, 0.3) is 0 Å². The lowest BCUT2D eigenvalue weighted by atomic mass is 10.3. The SMILES string of the molecule is CC(Oc1cccc(N)c1)C(=O)Nc1ccccc1. The van der Waals surface area contributed by atoms with Gasteiger partial charge in [0.2, 0.25) is 0 Å². The summed E-state index contributed by atoms with van der Waals surface area (Å²) in [6.07, 6.45) is -0.595. The minimum Gasteiger partial charge on any atom is -0.481 e. The van der Waals surface area contributed by atoms with Gasteiger partial charge in [0.25, 0.3) is 5.91 Å². The third-order valence-corrected chi connectivity index (χ3v) is 2.58. The number of nitrogen functional groups attached to an aromatic ring is 1. The van der Waals surface area contributed by atoms with Crippen molar-refractivity contribution in [3.05, 3.63) is 54.6 Å². The molecule has 2 rings (SSSR count). The number of anilines is 2. The molecule has 3 N–H and O–H groups in total. The Labute approximate surface area is 112 Å². The Morgan fingerprint density at radius 3 is 2.58 bits per heavy atom. The van der Waals surface area contributed by atoms with Crippen LogP contribution in [0.4, 0.5) is 11.4 Å². The highest BCUT2D eigenvalue weighted by Gasteiger charge is 2.14. The molecule has 0 spiro atoms. The minimum atomic E-state index is -0.595. The third kappa shape index (κ3) is 3.74. The van der Waals surface area contributed by atoms with Gasteiger partial charge in [0.05, 0.1) is 0 Å². The van der Waals surface area contributed by atoms with Gasteiger partial charge in [-0.1, -0.05) is 24.3 Å². The summed E-state index contributed by atoms with van der Waals surface area (Å²) in [5.74, 6) is 0.379. The molecule has 2 aromatic carbocycles. The molecule has 0 aromatic heterocycles. The molecule has 1 amide bonds. The summed E-state index contributed by atoms with van der Waals surface area (Å²) < 4.78 is 5.54. The van der Waals surface area contributed by atoms with Crippen LogP contribution in [0, 0.1) is 0 Å². The number of nitrogens with one attached hydrogen (secondary N) is 1. The molecule has 0 aliphatic carbocycles. The van der Waals surface area contributed by atoms with Gasteiger partial charge in [-0.3, -0.25) is 4.79 Å². The fourth-order valence-corrected chi connectivity index (χ4v) is 1.61. The first-order chi connectivity index (χ1) is 9.15. The molecule has 0 fully saturated rings. The highest BCUT2D eigenvalue weighted by Crippen LogP contribution is 2.16. The van der Waals surface area contributed by atoms with E-state index in [9.17, 15) is 4.79 Å². The Balaban J connectivity index is 1.96. The van der Waals surface area contributed by atoms with E-state index in [1.54, 1.807) is 31.2 Å². The van der Waals surface area contributed by atoms with E-state index in [0.29, 0.717) is 11.4 Å². The van der Waals surface area contributed by atoms with Gasteiger partial charge in [-0.05, 0) is 31.2 Å². The number of carbonyl (C=O) groups is 1. The van der Waals surface area contributed by atoms with Crippen LogP contribution < -0.4 is 15.8 Å². The lowest BCUT2D eigenvalue weighted by Crippen LogP contribution is -2.30. The van der Waals surface area contributed by atoms with Gasteiger partial charge < -0.3 is 15.8 Å². The number of amides is 1. The van der Waals surface area contributed by atoms with E-state index in [2.05, 4.69) is 5.32 Å². The van der Waals surface area contributed by atoms with Crippen molar-refractivity contribution in [3.63, 3.8) is 0 Å². The van der Waals surface area contributed by atoms with Crippen molar-refractivity contribution in [1.82, 2.24) is 0 Å². The van der Waals surface area contributed by atoms with Crippen molar-refractivity contribution in [2.24, 2.45) is 0 Å². The van der Waals surface area contributed by atoms with E-state index in [0.717, 1.165) is 5.69 Å². The van der Waals surface area contributed by atoms with Gasteiger partial charge >= 0.3 is 0 Å². The minimum absolute atomic E-state index is 0.200. The van der Waals surface area contributed by atoms with E-state index in [-0.39, 0.29) is 5.91 Å². The fourth-order valence-electron chi connectivity index (χ4n) is 1.61. The van der Waals surface area contributed by atoms with Crippen molar-refractivity contribution in [3.8, 4) is 5.75 Å². The van der Waals surface area contributed by atoms with Crippen LogP contribution in [0.5, 0.6) is 5.75 Å². The predicted molar refractivity (Wildman–Crippen MR) is 76.0 cm³/mol. The second-order valence-electron chi connectivity index (χ2n) is 4.19. The highest BCUT2D eigenvalue weighted by atomic mass is 16.5. The summed E-state index contributed by atoms with van der Waals surface area (Å²) >= 11 is 0. The first-order valence-corrected chi connectivity index (χ1v) is 6.03. The van der Waals surface area contributed by atoms with Crippen LogP contribution in [-0.2, 0) is 4.79 Å². The molecule has 0 aliphatic rings. The summed E-state index contributed by atoms with van der Waals surface area (Å²) in [5, 5.41) is 2.78. The fraction of sp³-hybridized carbons (Fsp3) is 0.133. The van der Waals surface area contributed by atoms with Crippen LogP contribution in [0.2, 0.25) is 0 Å². The largest absolute Gasteiger partial charge is 0.481 e. The number of hydrogen-bond donors (Lipinski definition) is 2. The molecule has 1 unspecified atom stereocenters. The first-order valence-electron chi connectivity index (χ1n) is 6.03. The molecule has 0 aliphatic heterocycles. The van der Waals surface area contributed by atoms with Crippen molar-refractivity contribution in [1.29, 1.82) is 0 Å². The molecule has 98 valence electrons. The van der Waals surface area contributed by atoms with E-state index >= 15 is 0 Å². The molecule has 2 aromatic rings. The normalized spacial score (nSPS) is 11.6. The van der Waals surface area contributed by atoms with Gasteiger partial charge in [-0.2, -0.15) is 0 Å². The van der Waals surface area contributed by atoms with Crippen molar-refractivity contribution in [2.75, 3.05) is 11.1 Å². The van der Waals surface area contributed by atoms with Gasteiger partial charge in [-0.15, -0.1) is 0 Å². The molecule has 0 heterocycles. The van der Waals surface area contributed by atoms with Gasteiger partial charge in [0.1, 0.15) is 5.75 Å². The molecule has 0 saturated carbocycles. The Bertz CT molecular complexity index is 555. The Morgan fingerprint density at radius 2 is 1.89 bits per heavy atom. The maximum Gasteiger partial charge on any atom is 0.265 e. The van der Waals surface area contributed by atoms with Crippen LogP contribution in [0.3, 0.4) is 0 Å². The number of ether oxygens (including phenoxy) is 1. The number of hydrogen-bond acceptors (Lipinski definition) is 3. The van der Waals surface area contributed by atoms with Crippen molar-refractivity contribution in [2.45, 2.75) is 13.0 Å². The van der Waals surface area contributed by atoms with Crippen molar-refractivity contribution < 1.29 is 9.53 Å². The molecule has 0 radical (unpaired) electrons. The summed E-state index contributed by atoms with van der Waals surface area (Å²) in [6.45, 7) is 1.70. The number of carbonyl (C=O) groups excluding carboxylic acids is 1. The van der Waals surface area contributed by atoms with Gasteiger partial charge in [-0.25, -0.2) is 0 Å². The predicted octanol–water partition coefficient (Wildman–Crippen LogP) is 2.67. The second-order valence-corrected chi connectivity index (χ2v) is 4.19. The number of para-hydroxylation sites is 1. The molecular weight excluding hydrogens is 240 g/mol. The maximum atomic E-state index is 11.9. The topological polar surface area (TPSA) is 64.3 Å². The number of nitrogens with two attached hydrogens (primary N) is 1. The van der Waals surface area contributed by atoms with Crippen LogP contribution in [-0.4, -0.2) is 12.0 Å². The van der Waals surface area contributed by atoms with E-state index in [1.807, 2.05) is 30.3 Å². The zero-order valence-corrected chi connectivity index (χ0v) is 10.7. The Kier molecular flexibility index (Phi) is 4.03. The van der Waals surface area contributed by atoms with E-state index < -0.39 is 6.10 Å². The number of benzene rings is 2. The molecule has 4 heteroatoms.